The van der Waals surface area contributed by atoms with Gasteiger partial charge in [-0.25, -0.2) is 0 Å². The zero-order valence-electron chi connectivity index (χ0n) is 34.7. The molecule has 51 heavy (non-hydrogen) atoms. The van der Waals surface area contributed by atoms with Crippen LogP contribution in [0, 0.1) is 11.8 Å². The van der Waals surface area contributed by atoms with Crippen LogP contribution >= 0.6 is 0 Å². The summed E-state index contributed by atoms with van der Waals surface area (Å²) in [5.74, 6) is 0.805. The Labute approximate surface area is 317 Å². The van der Waals surface area contributed by atoms with E-state index in [0.29, 0.717) is 19.3 Å². The summed E-state index contributed by atoms with van der Waals surface area (Å²) >= 11 is 0. The Morgan fingerprint density at radius 2 is 0.745 bits per heavy atom. The van der Waals surface area contributed by atoms with Crippen LogP contribution < -0.4 is 0 Å². The van der Waals surface area contributed by atoms with Crippen molar-refractivity contribution >= 4 is 17.9 Å². The molecule has 0 aromatic rings. The molecule has 0 bridgehead atoms. The molecule has 0 fully saturated rings. The predicted octanol–water partition coefficient (Wildman–Crippen LogP) is 13.8. The Kier molecular flexibility index (Phi) is 37.0. The Balaban J connectivity index is 4.29. The number of ether oxygens (including phenoxy) is 3. The minimum absolute atomic E-state index is 0.0657. The molecule has 0 radical (unpaired) electrons. The highest BCUT2D eigenvalue weighted by Crippen LogP contribution is 2.17. The van der Waals surface area contributed by atoms with Gasteiger partial charge in [0.1, 0.15) is 13.2 Å². The van der Waals surface area contributed by atoms with Crippen molar-refractivity contribution in [3.05, 3.63) is 0 Å². The standard InChI is InChI=1S/C45H86O6/c1-6-8-9-10-18-25-30-35-43(46)49-38-42(51-45(48)37-32-27-22-17-16-20-24-29-34-41(5)7-2)39-50-44(47)36-31-26-21-15-13-11-12-14-19-23-28-33-40(3)4/h40-42H,6-39H2,1-5H3/t41?,42-/m0/s1. The highest BCUT2D eigenvalue weighted by atomic mass is 16.6. The van der Waals surface area contributed by atoms with Crippen molar-refractivity contribution in [2.75, 3.05) is 13.2 Å². The predicted molar refractivity (Wildman–Crippen MR) is 215 cm³/mol. The first-order valence-electron chi connectivity index (χ1n) is 22.3. The van der Waals surface area contributed by atoms with Gasteiger partial charge < -0.3 is 14.2 Å². The summed E-state index contributed by atoms with van der Waals surface area (Å²) in [7, 11) is 0. The zero-order valence-corrected chi connectivity index (χ0v) is 34.7. The minimum atomic E-state index is -0.759. The fourth-order valence-electron chi connectivity index (χ4n) is 6.54. The fourth-order valence-corrected chi connectivity index (χ4v) is 6.54. The molecule has 0 aliphatic carbocycles. The summed E-state index contributed by atoms with van der Waals surface area (Å²) in [4.78, 5) is 37.5. The second kappa shape index (κ2) is 38.1. The summed E-state index contributed by atoms with van der Waals surface area (Å²) in [6.45, 7) is 11.3. The van der Waals surface area contributed by atoms with Crippen molar-refractivity contribution in [3.8, 4) is 0 Å². The fraction of sp³-hybridized carbons (Fsp3) is 0.933. The van der Waals surface area contributed by atoms with Crippen molar-refractivity contribution in [2.45, 2.75) is 246 Å². The quantitative estimate of drug-likeness (QED) is 0.0357. The molecule has 0 aromatic carbocycles. The maximum Gasteiger partial charge on any atom is 0.306 e. The monoisotopic (exact) mass is 723 g/mol. The second-order valence-corrected chi connectivity index (χ2v) is 16.1. The van der Waals surface area contributed by atoms with Crippen molar-refractivity contribution in [2.24, 2.45) is 11.8 Å². The van der Waals surface area contributed by atoms with E-state index in [1.165, 1.54) is 128 Å². The molecule has 0 heterocycles. The van der Waals surface area contributed by atoms with Crippen LogP contribution in [0.5, 0.6) is 0 Å². The maximum absolute atomic E-state index is 12.7. The van der Waals surface area contributed by atoms with Gasteiger partial charge in [0.05, 0.1) is 0 Å². The Morgan fingerprint density at radius 1 is 0.412 bits per heavy atom. The molecule has 0 aliphatic heterocycles. The largest absolute Gasteiger partial charge is 0.462 e. The third-order valence-corrected chi connectivity index (χ3v) is 10.3. The van der Waals surface area contributed by atoms with Gasteiger partial charge >= 0.3 is 17.9 Å². The maximum atomic E-state index is 12.7. The number of hydrogen-bond donors (Lipinski definition) is 0. The summed E-state index contributed by atoms with van der Waals surface area (Å²) < 4.78 is 16.6. The molecule has 6 heteroatoms. The zero-order chi connectivity index (χ0) is 37.6. The first-order chi connectivity index (χ1) is 24.8. The molecule has 0 rings (SSSR count). The summed E-state index contributed by atoms with van der Waals surface area (Å²) in [5, 5.41) is 0. The van der Waals surface area contributed by atoms with Crippen LogP contribution in [0.2, 0.25) is 0 Å². The van der Waals surface area contributed by atoms with E-state index in [-0.39, 0.29) is 31.1 Å². The minimum Gasteiger partial charge on any atom is -0.462 e. The van der Waals surface area contributed by atoms with Gasteiger partial charge in [0.25, 0.3) is 0 Å². The number of unbranched alkanes of at least 4 members (excludes halogenated alkanes) is 23. The van der Waals surface area contributed by atoms with Gasteiger partial charge in [0, 0.05) is 19.3 Å². The van der Waals surface area contributed by atoms with Crippen LogP contribution in [0.1, 0.15) is 240 Å². The topological polar surface area (TPSA) is 78.9 Å². The second-order valence-electron chi connectivity index (χ2n) is 16.1. The van der Waals surface area contributed by atoms with Crippen LogP contribution in [-0.2, 0) is 28.6 Å². The van der Waals surface area contributed by atoms with Crippen molar-refractivity contribution in [1.29, 1.82) is 0 Å². The van der Waals surface area contributed by atoms with Crippen molar-refractivity contribution < 1.29 is 28.6 Å². The number of rotatable bonds is 39. The van der Waals surface area contributed by atoms with Crippen molar-refractivity contribution in [1.82, 2.24) is 0 Å². The SMILES string of the molecule is CCCCCCCCCC(=O)OC[C@@H](COC(=O)CCCCCCCCCCCCCC(C)C)OC(=O)CCCCCCCCCCC(C)CC. The summed E-state index contributed by atoms with van der Waals surface area (Å²) in [5.41, 5.74) is 0. The van der Waals surface area contributed by atoms with E-state index >= 15 is 0 Å². The first kappa shape index (κ1) is 49.4. The number of hydrogen-bond acceptors (Lipinski definition) is 6. The lowest BCUT2D eigenvalue weighted by Gasteiger charge is -2.18. The molecule has 0 amide bonds. The molecular formula is C45H86O6. The van der Waals surface area contributed by atoms with Crippen LogP contribution in [0.4, 0.5) is 0 Å². The Hall–Kier alpha value is -1.59. The van der Waals surface area contributed by atoms with Crippen LogP contribution in [0.3, 0.4) is 0 Å². The van der Waals surface area contributed by atoms with Gasteiger partial charge in [0.15, 0.2) is 6.10 Å². The van der Waals surface area contributed by atoms with E-state index in [9.17, 15) is 14.4 Å². The molecule has 0 aromatic heterocycles. The molecule has 0 saturated carbocycles. The molecule has 0 N–H and O–H groups in total. The molecule has 0 saturated heterocycles. The van der Waals surface area contributed by atoms with Crippen molar-refractivity contribution in [3.63, 3.8) is 0 Å². The molecular weight excluding hydrogens is 636 g/mol. The van der Waals surface area contributed by atoms with Gasteiger partial charge in [-0.05, 0) is 31.1 Å². The number of carbonyl (C=O) groups excluding carboxylic acids is 3. The van der Waals surface area contributed by atoms with Gasteiger partial charge in [-0.1, -0.05) is 202 Å². The van der Waals surface area contributed by atoms with Gasteiger partial charge in [-0.3, -0.25) is 14.4 Å². The highest BCUT2D eigenvalue weighted by Gasteiger charge is 2.19. The summed E-state index contributed by atoms with van der Waals surface area (Å²) in [6.07, 6.45) is 35.2. The van der Waals surface area contributed by atoms with Crippen LogP contribution in [0.15, 0.2) is 0 Å². The lowest BCUT2D eigenvalue weighted by atomic mass is 9.99. The van der Waals surface area contributed by atoms with E-state index in [2.05, 4.69) is 34.6 Å². The average molecular weight is 723 g/mol. The smallest absolute Gasteiger partial charge is 0.306 e. The lowest BCUT2D eigenvalue weighted by molar-refractivity contribution is -0.167. The van der Waals surface area contributed by atoms with Crippen LogP contribution in [0.25, 0.3) is 0 Å². The van der Waals surface area contributed by atoms with E-state index in [1.807, 2.05) is 0 Å². The average Bonchev–Trinajstić information content (AvgIpc) is 3.11. The molecule has 0 aliphatic rings. The third-order valence-electron chi connectivity index (χ3n) is 10.3. The molecule has 6 nitrogen and oxygen atoms in total. The summed E-state index contributed by atoms with van der Waals surface area (Å²) in [6, 6.07) is 0. The normalized spacial score (nSPS) is 12.6. The van der Waals surface area contributed by atoms with Crippen LogP contribution in [-0.4, -0.2) is 37.2 Å². The van der Waals surface area contributed by atoms with E-state index in [4.69, 9.17) is 14.2 Å². The molecule has 302 valence electrons. The first-order valence-corrected chi connectivity index (χ1v) is 22.3. The van der Waals surface area contributed by atoms with Gasteiger partial charge in [-0.15, -0.1) is 0 Å². The molecule has 1 unspecified atom stereocenters. The third kappa shape index (κ3) is 38.0. The molecule has 0 spiro atoms. The van der Waals surface area contributed by atoms with Gasteiger partial charge in [0.2, 0.25) is 0 Å². The number of esters is 3. The van der Waals surface area contributed by atoms with E-state index < -0.39 is 6.10 Å². The van der Waals surface area contributed by atoms with E-state index in [1.54, 1.807) is 0 Å². The van der Waals surface area contributed by atoms with E-state index in [0.717, 1.165) is 69.6 Å². The Morgan fingerprint density at radius 3 is 1.12 bits per heavy atom. The van der Waals surface area contributed by atoms with Gasteiger partial charge in [-0.2, -0.15) is 0 Å². The Bertz CT molecular complexity index is 781. The lowest BCUT2D eigenvalue weighted by Crippen LogP contribution is -2.30. The molecule has 2 atom stereocenters. The highest BCUT2D eigenvalue weighted by molar-refractivity contribution is 5.71. The number of carbonyl (C=O) groups is 3.